The fourth-order valence-corrected chi connectivity index (χ4v) is 2.68. The molecular formula is C17H19N3O. The highest BCUT2D eigenvalue weighted by Gasteiger charge is 2.16. The zero-order valence-electron chi connectivity index (χ0n) is 12.2. The van der Waals surface area contributed by atoms with Crippen molar-refractivity contribution in [1.29, 1.82) is 0 Å². The molecule has 2 unspecified atom stereocenters. The Morgan fingerprint density at radius 1 is 1.10 bits per heavy atom. The van der Waals surface area contributed by atoms with E-state index in [0.717, 1.165) is 21.9 Å². The van der Waals surface area contributed by atoms with Crippen molar-refractivity contribution in [3.63, 3.8) is 0 Å². The van der Waals surface area contributed by atoms with Gasteiger partial charge in [0.25, 0.3) is 0 Å². The lowest BCUT2D eigenvalue weighted by Gasteiger charge is -2.21. The molecular weight excluding hydrogens is 262 g/mol. The molecule has 4 heteroatoms. The van der Waals surface area contributed by atoms with Gasteiger partial charge in [-0.2, -0.15) is 5.10 Å². The van der Waals surface area contributed by atoms with Gasteiger partial charge in [0, 0.05) is 34.8 Å². The SMILES string of the molecule is CC(NC(C)c1ccc2ccccc2c1O)c1cn[nH]c1. The number of aromatic amines is 1. The molecule has 4 nitrogen and oxygen atoms in total. The first kappa shape index (κ1) is 13.6. The van der Waals surface area contributed by atoms with E-state index in [1.54, 1.807) is 0 Å². The van der Waals surface area contributed by atoms with Crippen LogP contribution in [0.3, 0.4) is 0 Å². The summed E-state index contributed by atoms with van der Waals surface area (Å²) >= 11 is 0. The van der Waals surface area contributed by atoms with Gasteiger partial charge in [-0.25, -0.2) is 0 Å². The van der Waals surface area contributed by atoms with E-state index in [1.807, 2.05) is 48.8 Å². The normalized spacial score (nSPS) is 14.2. The molecule has 0 radical (unpaired) electrons. The molecule has 0 bridgehead atoms. The topological polar surface area (TPSA) is 60.9 Å². The number of aromatic nitrogens is 2. The van der Waals surface area contributed by atoms with E-state index in [2.05, 4.69) is 29.4 Å². The van der Waals surface area contributed by atoms with Crippen molar-refractivity contribution in [2.45, 2.75) is 25.9 Å². The maximum Gasteiger partial charge on any atom is 0.128 e. The number of H-pyrrole nitrogens is 1. The van der Waals surface area contributed by atoms with Gasteiger partial charge in [0.2, 0.25) is 0 Å². The number of nitrogens with one attached hydrogen (secondary N) is 2. The first-order valence-corrected chi connectivity index (χ1v) is 7.12. The molecule has 1 heterocycles. The average Bonchev–Trinajstić information content (AvgIpc) is 3.02. The minimum absolute atomic E-state index is 0.0412. The predicted molar refractivity (Wildman–Crippen MR) is 84.2 cm³/mol. The highest BCUT2D eigenvalue weighted by Crippen LogP contribution is 2.33. The molecule has 2 aromatic carbocycles. The Bertz CT molecular complexity index is 737. The van der Waals surface area contributed by atoms with Crippen molar-refractivity contribution >= 4 is 10.8 Å². The minimum atomic E-state index is 0.0412. The van der Waals surface area contributed by atoms with Gasteiger partial charge in [0.15, 0.2) is 0 Å². The molecule has 21 heavy (non-hydrogen) atoms. The Kier molecular flexibility index (Phi) is 3.62. The molecule has 0 amide bonds. The summed E-state index contributed by atoms with van der Waals surface area (Å²) in [7, 11) is 0. The fraction of sp³-hybridized carbons (Fsp3) is 0.235. The number of benzene rings is 2. The molecule has 108 valence electrons. The second-order valence-electron chi connectivity index (χ2n) is 5.37. The van der Waals surface area contributed by atoms with Crippen molar-refractivity contribution in [2.24, 2.45) is 0 Å². The fourth-order valence-electron chi connectivity index (χ4n) is 2.68. The van der Waals surface area contributed by atoms with Gasteiger partial charge in [-0.05, 0) is 19.2 Å². The molecule has 3 rings (SSSR count). The van der Waals surface area contributed by atoms with Crippen LogP contribution in [0.5, 0.6) is 5.75 Å². The van der Waals surface area contributed by atoms with Gasteiger partial charge in [-0.15, -0.1) is 0 Å². The van der Waals surface area contributed by atoms with E-state index >= 15 is 0 Å². The van der Waals surface area contributed by atoms with Gasteiger partial charge in [0.1, 0.15) is 5.75 Å². The molecule has 2 atom stereocenters. The summed E-state index contributed by atoms with van der Waals surface area (Å²) in [5.41, 5.74) is 2.01. The lowest BCUT2D eigenvalue weighted by Crippen LogP contribution is -2.22. The zero-order chi connectivity index (χ0) is 14.8. The number of phenols is 1. The van der Waals surface area contributed by atoms with Crippen molar-refractivity contribution in [3.05, 3.63) is 59.9 Å². The largest absolute Gasteiger partial charge is 0.507 e. The summed E-state index contributed by atoms with van der Waals surface area (Å²) < 4.78 is 0. The van der Waals surface area contributed by atoms with Gasteiger partial charge in [0.05, 0.1) is 6.20 Å². The number of nitrogens with zero attached hydrogens (tertiary/aromatic N) is 1. The average molecular weight is 281 g/mol. The molecule has 0 spiro atoms. The Morgan fingerprint density at radius 2 is 1.90 bits per heavy atom. The molecule has 0 aliphatic rings. The molecule has 0 saturated carbocycles. The summed E-state index contributed by atoms with van der Waals surface area (Å²) in [6, 6.07) is 12.1. The van der Waals surface area contributed by atoms with E-state index in [4.69, 9.17) is 0 Å². The second-order valence-corrected chi connectivity index (χ2v) is 5.37. The molecule has 0 saturated heterocycles. The van der Waals surface area contributed by atoms with E-state index in [0.29, 0.717) is 5.75 Å². The Morgan fingerprint density at radius 3 is 2.67 bits per heavy atom. The van der Waals surface area contributed by atoms with Crippen molar-refractivity contribution in [3.8, 4) is 5.75 Å². The molecule has 0 aliphatic heterocycles. The van der Waals surface area contributed by atoms with Crippen LogP contribution < -0.4 is 5.32 Å². The lowest BCUT2D eigenvalue weighted by molar-refractivity contribution is 0.443. The molecule has 3 aromatic rings. The smallest absolute Gasteiger partial charge is 0.128 e. The standard InChI is InChI=1S/C17H19N3O/c1-11(14-9-18-19-10-14)20-12(2)15-8-7-13-5-3-4-6-16(13)17(15)21/h3-12,20-21H,1-2H3,(H,18,19). The number of fused-ring (bicyclic) bond motifs is 1. The number of aromatic hydroxyl groups is 1. The number of hydrogen-bond donors (Lipinski definition) is 3. The quantitative estimate of drug-likeness (QED) is 0.683. The van der Waals surface area contributed by atoms with Gasteiger partial charge in [-0.1, -0.05) is 36.4 Å². The predicted octanol–water partition coefficient (Wildman–Crippen LogP) is 3.68. The third kappa shape index (κ3) is 2.62. The summed E-state index contributed by atoms with van der Waals surface area (Å²) in [5, 5.41) is 22.7. The van der Waals surface area contributed by atoms with E-state index < -0.39 is 0 Å². The molecule has 0 aliphatic carbocycles. The third-order valence-corrected chi connectivity index (χ3v) is 3.92. The Balaban J connectivity index is 1.87. The number of phenolic OH excluding ortho intramolecular Hbond substituents is 1. The molecule has 3 N–H and O–H groups in total. The monoisotopic (exact) mass is 281 g/mol. The van der Waals surface area contributed by atoms with E-state index in [9.17, 15) is 5.11 Å². The summed E-state index contributed by atoms with van der Waals surface area (Å²) in [4.78, 5) is 0. The second kappa shape index (κ2) is 5.58. The highest BCUT2D eigenvalue weighted by atomic mass is 16.3. The maximum atomic E-state index is 10.5. The van der Waals surface area contributed by atoms with E-state index in [-0.39, 0.29) is 12.1 Å². The number of hydrogen-bond acceptors (Lipinski definition) is 3. The zero-order valence-corrected chi connectivity index (χ0v) is 12.2. The van der Waals surface area contributed by atoms with E-state index in [1.165, 1.54) is 0 Å². The van der Waals surface area contributed by atoms with Crippen LogP contribution in [-0.4, -0.2) is 15.3 Å². The maximum absolute atomic E-state index is 10.5. The van der Waals surface area contributed by atoms with Gasteiger partial charge in [-0.3, -0.25) is 5.10 Å². The lowest BCUT2D eigenvalue weighted by atomic mass is 10.00. The molecule has 0 fully saturated rings. The Hall–Kier alpha value is -2.33. The summed E-state index contributed by atoms with van der Waals surface area (Å²) in [6.07, 6.45) is 3.69. The van der Waals surface area contributed by atoms with Gasteiger partial charge >= 0.3 is 0 Å². The minimum Gasteiger partial charge on any atom is -0.507 e. The summed E-state index contributed by atoms with van der Waals surface area (Å²) in [5.74, 6) is 0.354. The van der Waals surface area contributed by atoms with Crippen LogP contribution in [0.1, 0.15) is 37.1 Å². The van der Waals surface area contributed by atoms with Gasteiger partial charge < -0.3 is 10.4 Å². The highest BCUT2D eigenvalue weighted by molar-refractivity contribution is 5.89. The summed E-state index contributed by atoms with van der Waals surface area (Å²) in [6.45, 7) is 4.14. The van der Waals surface area contributed by atoms with Crippen LogP contribution in [0.2, 0.25) is 0 Å². The van der Waals surface area contributed by atoms with Crippen molar-refractivity contribution in [2.75, 3.05) is 0 Å². The first-order chi connectivity index (χ1) is 10.2. The van der Waals surface area contributed by atoms with Crippen molar-refractivity contribution in [1.82, 2.24) is 15.5 Å². The van der Waals surface area contributed by atoms with Crippen molar-refractivity contribution < 1.29 is 5.11 Å². The van der Waals surface area contributed by atoms with Crippen LogP contribution in [0, 0.1) is 0 Å². The van der Waals surface area contributed by atoms with Crippen LogP contribution in [0.25, 0.3) is 10.8 Å². The van der Waals surface area contributed by atoms with Crippen LogP contribution in [-0.2, 0) is 0 Å². The first-order valence-electron chi connectivity index (χ1n) is 7.12. The van der Waals surface area contributed by atoms with Crippen LogP contribution in [0.15, 0.2) is 48.8 Å². The molecule has 1 aromatic heterocycles. The van der Waals surface area contributed by atoms with Crippen LogP contribution in [0.4, 0.5) is 0 Å². The van der Waals surface area contributed by atoms with Crippen LogP contribution >= 0.6 is 0 Å². The third-order valence-electron chi connectivity index (χ3n) is 3.92. The Labute approximate surface area is 123 Å². The number of rotatable bonds is 4.